The highest BCUT2D eigenvalue weighted by atomic mass is 16.5. The first-order valence-electron chi connectivity index (χ1n) is 6.14. The number of aryl methyl sites for hydroxylation is 1. The summed E-state index contributed by atoms with van der Waals surface area (Å²) in [5.74, 6) is 0. The molecule has 1 saturated carbocycles. The average molecular weight is 217 g/mol. The molecule has 2 aliphatic rings. The van der Waals surface area contributed by atoms with Crippen molar-refractivity contribution in [2.45, 2.75) is 32.5 Å². The van der Waals surface area contributed by atoms with Gasteiger partial charge in [-0.15, -0.1) is 0 Å². The van der Waals surface area contributed by atoms with Crippen LogP contribution in [0.15, 0.2) is 24.3 Å². The van der Waals surface area contributed by atoms with Gasteiger partial charge in [0.15, 0.2) is 0 Å². The van der Waals surface area contributed by atoms with Gasteiger partial charge in [0.2, 0.25) is 0 Å². The lowest BCUT2D eigenvalue weighted by molar-refractivity contribution is -0.109. The van der Waals surface area contributed by atoms with Crippen molar-refractivity contribution in [1.29, 1.82) is 0 Å². The van der Waals surface area contributed by atoms with Gasteiger partial charge in [-0.3, -0.25) is 0 Å². The minimum absolute atomic E-state index is 0.503. The molecule has 1 spiro atoms. The van der Waals surface area contributed by atoms with Gasteiger partial charge in [0, 0.05) is 18.5 Å². The lowest BCUT2D eigenvalue weighted by Crippen LogP contribution is -2.62. The standard InChI is InChI=1S/C14H19NO/c1-11-2-4-12(5-3-11)8-16-13-6-14(7-13)9-15-10-14/h2-5,13,15H,6-10H2,1H3. The van der Waals surface area contributed by atoms with E-state index >= 15 is 0 Å². The largest absolute Gasteiger partial charge is 0.373 e. The van der Waals surface area contributed by atoms with Crippen LogP contribution in [0, 0.1) is 12.3 Å². The van der Waals surface area contributed by atoms with Crippen LogP contribution in [0.25, 0.3) is 0 Å². The Morgan fingerprint density at radius 2 is 1.94 bits per heavy atom. The van der Waals surface area contributed by atoms with E-state index in [1.165, 1.54) is 37.1 Å². The molecular formula is C14H19NO. The fourth-order valence-corrected chi connectivity index (χ4v) is 2.69. The summed E-state index contributed by atoms with van der Waals surface area (Å²) in [4.78, 5) is 0. The van der Waals surface area contributed by atoms with Gasteiger partial charge in [-0.1, -0.05) is 29.8 Å². The van der Waals surface area contributed by atoms with Gasteiger partial charge in [-0.05, 0) is 25.3 Å². The maximum absolute atomic E-state index is 5.91. The average Bonchev–Trinajstić information content (AvgIpc) is 2.16. The highest BCUT2D eigenvalue weighted by molar-refractivity contribution is 5.20. The van der Waals surface area contributed by atoms with E-state index in [9.17, 15) is 0 Å². The molecule has 1 aromatic rings. The first-order valence-corrected chi connectivity index (χ1v) is 6.14. The van der Waals surface area contributed by atoms with Crippen molar-refractivity contribution in [1.82, 2.24) is 5.32 Å². The van der Waals surface area contributed by atoms with Crippen LogP contribution in [0.1, 0.15) is 24.0 Å². The number of rotatable bonds is 3. The number of nitrogens with one attached hydrogen (secondary N) is 1. The van der Waals surface area contributed by atoms with Gasteiger partial charge >= 0.3 is 0 Å². The van der Waals surface area contributed by atoms with Crippen molar-refractivity contribution in [2.24, 2.45) is 5.41 Å². The zero-order valence-electron chi connectivity index (χ0n) is 9.83. The van der Waals surface area contributed by atoms with Gasteiger partial charge in [-0.2, -0.15) is 0 Å². The lowest BCUT2D eigenvalue weighted by atomic mass is 9.63. The van der Waals surface area contributed by atoms with E-state index in [0.717, 1.165) is 6.61 Å². The topological polar surface area (TPSA) is 21.3 Å². The Hall–Kier alpha value is -0.860. The quantitative estimate of drug-likeness (QED) is 0.838. The Labute approximate surface area is 97.0 Å². The number of ether oxygens (including phenoxy) is 1. The summed E-state index contributed by atoms with van der Waals surface area (Å²) in [5.41, 5.74) is 3.22. The predicted molar refractivity (Wildman–Crippen MR) is 64.3 cm³/mol. The first kappa shape index (κ1) is 10.3. The highest BCUT2D eigenvalue weighted by Gasteiger charge is 2.48. The van der Waals surface area contributed by atoms with Crippen molar-refractivity contribution in [3.8, 4) is 0 Å². The maximum Gasteiger partial charge on any atom is 0.0720 e. The summed E-state index contributed by atoms with van der Waals surface area (Å²) >= 11 is 0. The van der Waals surface area contributed by atoms with Crippen LogP contribution in [0.4, 0.5) is 0 Å². The van der Waals surface area contributed by atoms with Crippen molar-refractivity contribution in [3.05, 3.63) is 35.4 Å². The SMILES string of the molecule is Cc1ccc(COC2CC3(CNC3)C2)cc1. The van der Waals surface area contributed by atoms with Crippen molar-refractivity contribution in [2.75, 3.05) is 13.1 Å². The Balaban J connectivity index is 1.45. The number of hydrogen-bond acceptors (Lipinski definition) is 2. The minimum Gasteiger partial charge on any atom is -0.373 e. The van der Waals surface area contributed by atoms with Crippen LogP contribution in [0.2, 0.25) is 0 Å². The van der Waals surface area contributed by atoms with E-state index in [0.29, 0.717) is 11.5 Å². The molecule has 1 N–H and O–H groups in total. The molecule has 1 aliphatic carbocycles. The Morgan fingerprint density at radius 3 is 2.50 bits per heavy atom. The summed E-state index contributed by atoms with van der Waals surface area (Å²) in [6.45, 7) is 5.30. The Morgan fingerprint density at radius 1 is 1.25 bits per heavy atom. The third-order valence-corrected chi connectivity index (χ3v) is 3.93. The molecule has 2 nitrogen and oxygen atoms in total. The van der Waals surface area contributed by atoms with E-state index in [1.54, 1.807) is 0 Å². The molecule has 2 fully saturated rings. The summed E-state index contributed by atoms with van der Waals surface area (Å²) in [7, 11) is 0. The molecule has 0 bridgehead atoms. The summed E-state index contributed by atoms with van der Waals surface area (Å²) < 4.78 is 5.91. The molecule has 0 atom stereocenters. The number of benzene rings is 1. The van der Waals surface area contributed by atoms with E-state index in [1.807, 2.05) is 0 Å². The summed E-state index contributed by atoms with van der Waals surface area (Å²) in [6, 6.07) is 8.62. The molecule has 1 aromatic carbocycles. The second-order valence-corrected chi connectivity index (χ2v) is 5.43. The maximum atomic E-state index is 5.91. The third-order valence-electron chi connectivity index (χ3n) is 3.93. The van der Waals surface area contributed by atoms with Crippen molar-refractivity contribution in [3.63, 3.8) is 0 Å². The zero-order chi connectivity index (χ0) is 11.0. The molecule has 86 valence electrons. The van der Waals surface area contributed by atoms with Gasteiger partial charge < -0.3 is 10.1 Å². The zero-order valence-corrected chi connectivity index (χ0v) is 9.83. The molecule has 1 heterocycles. The summed E-state index contributed by atoms with van der Waals surface area (Å²) in [6.07, 6.45) is 3.01. The minimum atomic E-state index is 0.503. The van der Waals surface area contributed by atoms with Crippen molar-refractivity contribution < 1.29 is 4.74 Å². The summed E-state index contributed by atoms with van der Waals surface area (Å²) in [5, 5.41) is 3.35. The molecule has 1 aliphatic heterocycles. The van der Waals surface area contributed by atoms with Gasteiger partial charge in [0.05, 0.1) is 12.7 Å². The smallest absolute Gasteiger partial charge is 0.0720 e. The van der Waals surface area contributed by atoms with Gasteiger partial charge in [0.1, 0.15) is 0 Å². The van der Waals surface area contributed by atoms with E-state index in [4.69, 9.17) is 4.74 Å². The van der Waals surface area contributed by atoms with Crippen LogP contribution in [0.5, 0.6) is 0 Å². The lowest BCUT2D eigenvalue weighted by Gasteiger charge is -2.54. The number of hydrogen-bond donors (Lipinski definition) is 1. The normalized spacial score (nSPS) is 22.8. The second kappa shape index (κ2) is 3.86. The van der Waals surface area contributed by atoms with E-state index in [2.05, 4.69) is 36.5 Å². The molecule has 2 heteroatoms. The van der Waals surface area contributed by atoms with Crippen LogP contribution < -0.4 is 5.32 Å². The molecule has 3 rings (SSSR count). The molecule has 0 aromatic heterocycles. The highest BCUT2D eigenvalue weighted by Crippen LogP contribution is 2.45. The van der Waals surface area contributed by atoms with Crippen LogP contribution in [0.3, 0.4) is 0 Å². The second-order valence-electron chi connectivity index (χ2n) is 5.43. The fraction of sp³-hybridized carbons (Fsp3) is 0.571. The first-order chi connectivity index (χ1) is 7.76. The molecule has 0 radical (unpaired) electrons. The van der Waals surface area contributed by atoms with Crippen LogP contribution in [-0.2, 0) is 11.3 Å². The molecule has 1 saturated heterocycles. The molecular weight excluding hydrogens is 198 g/mol. The Kier molecular flexibility index (Phi) is 2.49. The Bertz CT molecular complexity index is 359. The fourth-order valence-electron chi connectivity index (χ4n) is 2.69. The molecule has 16 heavy (non-hydrogen) atoms. The van der Waals surface area contributed by atoms with E-state index in [-0.39, 0.29) is 0 Å². The molecule has 0 unspecified atom stereocenters. The van der Waals surface area contributed by atoms with Crippen LogP contribution in [-0.4, -0.2) is 19.2 Å². The molecule has 0 amide bonds. The van der Waals surface area contributed by atoms with Crippen LogP contribution >= 0.6 is 0 Å². The van der Waals surface area contributed by atoms with Crippen molar-refractivity contribution >= 4 is 0 Å². The third kappa shape index (κ3) is 1.87. The monoisotopic (exact) mass is 217 g/mol. The van der Waals surface area contributed by atoms with Gasteiger partial charge in [0.25, 0.3) is 0 Å². The van der Waals surface area contributed by atoms with E-state index < -0.39 is 0 Å². The predicted octanol–water partition coefficient (Wildman–Crippen LogP) is 2.26. The van der Waals surface area contributed by atoms with Gasteiger partial charge in [-0.25, -0.2) is 0 Å².